The molecular formula is C24H33NO4. The Kier molecular flexibility index (Phi) is 7.67. The Bertz CT molecular complexity index is 788. The van der Waals surface area contributed by atoms with Crippen molar-refractivity contribution < 1.29 is 19.3 Å². The van der Waals surface area contributed by atoms with Crippen molar-refractivity contribution in [2.75, 3.05) is 40.5 Å². The standard InChI is InChI=1S/C24H33NO4/c1-18-8-6-9-19(16-18)20-10-7-11-21(28-3)23(20)24(26,12-4-5-14-27-2)22-17-25-13-15-29-22/h6-11,16,22,25-26H,4-5,12-15,17H2,1-3H3/t22?,24-/m0/s1. The van der Waals surface area contributed by atoms with E-state index < -0.39 is 5.60 Å². The predicted molar refractivity (Wildman–Crippen MR) is 115 cm³/mol. The molecule has 0 radical (unpaired) electrons. The number of nitrogens with one attached hydrogen (secondary N) is 1. The maximum atomic E-state index is 12.1. The molecule has 0 aliphatic carbocycles. The molecule has 0 amide bonds. The van der Waals surface area contributed by atoms with Crippen molar-refractivity contribution >= 4 is 0 Å². The van der Waals surface area contributed by atoms with E-state index in [0.717, 1.165) is 36.1 Å². The van der Waals surface area contributed by atoms with Gasteiger partial charge in [-0.25, -0.2) is 0 Å². The molecular weight excluding hydrogens is 366 g/mol. The number of aliphatic hydroxyl groups is 1. The summed E-state index contributed by atoms with van der Waals surface area (Å²) in [6.45, 7) is 4.74. The zero-order chi connectivity index (χ0) is 20.7. The van der Waals surface area contributed by atoms with Gasteiger partial charge in [-0.1, -0.05) is 42.0 Å². The Morgan fingerprint density at radius 2 is 2.00 bits per heavy atom. The van der Waals surface area contributed by atoms with Gasteiger partial charge in [0.05, 0.1) is 13.7 Å². The number of hydrogen-bond acceptors (Lipinski definition) is 5. The predicted octanol–water partition coefficient (Wildman–Crippen LogP) is 3.66. The van der Waals surface area contributed by atoms with Gasteiger partial charge in [-0.15, -0.1) is 0 Å². The lowest BCUT2D eigenvalue weighted by molar-refractivity contribution is -0.130. The van der Waals surface area contributed by atoms with Crippen molar-refractivity contribution in [2.24, 2.45) is 0 Å². The molecule has 1 aliphatic rings. The van der Waals surface area contributed by atoms with Gasteiger partial charge in [-0.2, -0.15) is 0 Å². The Hall–Kier alpha value is -1.92. The Morgan fingerprint density at radius 1 is 1.17 bits per heavy atom. The van der Waals surface area contributed by atoms with E-state index >= 15 is 0 Å². The second-order valence-corrected chi connectivity index (χ2v) is 7.69. The summed E-state index contributed by atoms with van der Waals surface area (Å²) in [5.74, 6) is 0.687. The molecule has 5 heteroatoms. The fourth-order valence-corrected chi connectivity index (χ4v) is 4.16. The van der Waals surface area contributed by atoms with Crippen LogP contribution in [0.15, 0.2) is 42.5 Å². The van der Waals surface area contributed by atoms with Crippen molar-refractivity contribution in [1.82, 2.24) is 5.32 Å². The molecule has 0 saturated carbocycles. The lowest BCUT2D eigenvalue weighted by atomic mass is 9.78. The van der Waals surface area contributed by atoms with Gasteiger partial charge in [0.1, 0.15) is 17.5 Å². The fraction of sp³-hybridized carbons (Fsp3) is 0.500. The topological polar surface area (TPSA) is 60.0 Å². The molecule has 2 aromatic rings. The summed E-state index contributed by atoms with van der Waals surface area (Å²) in [5, 5.41) is 15.5. The first-order valence-corrected chi connectivity index (χ1v) is 10.4. The highest BCUT2D eigenvalue weighted by Crippen LogP contribution is 2.44. The number of benzene rings is 2. The van der Waals surface area contributed by atoms with Gasteiger partial charge in [0.2, 0.25) is 0 Å². The van der Waals surface area contributed by atoms with E-state index in [1.54, 1.807) is 14.2 Å². The normalized spacial score (nSPS) is 19.0. The largest absolute Gasteiger partial charge is 0.496 e. The second kappa shape index (κ2) is 10.2. The molecule has 1 fully saturated rings. The average molecular weight is 400 g/mol. The first-order chi connectivity index (χ1) is 14.1. The molecule has 1 aliphatic heterocycles. The van der Waals surface area contributed by atoms with Gasteiger partial charge >= 0.3 is 0 Å². The third kappa shape index (κ3) is 4.98. The Labute approximate surface area is 174 Å². The van der Waals surface area contributed by atoms with Crippen LogP contribution in [0.3, 0.4) is 0 Å². The van der Waals surface area contributed by atoms with Crippen molar-refractivity contribution in [1.29, 1.82) is 0 Å². The first kappa shape index (κ1) is 21.8. The lowest BCUT2D eigenvalue weighted by Gasteiger charge is -2.40. The van der Waals surface area contributed by atoms with Crippen molar-refractivity contribution in [3.63, 3.8) is 0 Å². The highest BCUT2D eigenvalue weighted by molar-refractivity contribution is 5.72. The van der Waals surface area contributed by atoms with E-state index in [-0.39, 0.29) is 6.10 Å². The van der Waals surface area contributed by atoms with Crippen LogP contribution in [0.1, 0.15) is 30.4 Å². The number of rotatable bonds is 9. The van der Waals surface area contributed by atoms with E-state index in [1.807, 2.05) is 18.2 Å². The van der Waals surface area contributed by atoms with Crippen LogP contribution in [0.25, 0.3) is 11.1 Å². The summed E-state index contributed by atoms with van der Waals surface area (Å²) >= 11 is 0. The van der Waals surface area contributed by atoms with Crippen LogP contribution >= 0.6 is 0 Å². The molecule has 2 atom stereocenters. The summed E-state index contributed by atoms with van der Waals surface area (Å²) in [6, 6.07) is 14.3. The van der Waals surface area contributed by atoms with Crippen LogP contribution in [-0.4, -0.2) is 51.7 Å². The Morgan fingerprint density at radius 3 is 2.69 bits per heavy atom. The van der Waals surface area contributed by atoms with E-state index in [4.69, 9.17) is 14.2 Å². The molecule has 2 N–H and O–H groups in total. The first-order valence-electron chi connectivity index (χ1n) is 10.4. The van der Waals surface area contributed by atoms with Crippen molar-refractivity contribution in [3.8, 4) is 16.9 Å². The third-order valence-corrected chi connectivity index (χ3v) is 5.62. The summed E-state index contributed by atoms with van der Waals surface area (Å²) in [6.07, 6.45) is 1.93. The molecule has 1 saturated heterocycles. The van der Waals surface area contributed by atoms with Crippen LogP contribution in [-0.2, 0) is 15.1 Å². The SMILES string of the molecule is COCCCC[C@@](O)(c1c(OC)cccc1-c1cccc(C)c1)C1CNCCO1. The van der Waals surface area contributed by atoms with Crippen LogP contribution in [0.2, 0.25) is 0 Å². The minimum Gasteiger partial charge on any atom is -0.496 e. The molecule has 1 heterocycles. The van der Waals surface area contributed by atoms with Crippen LogP contribution in [0.5, 0.6) is 5.75 Å². The maximum Gasteiger partial charge on any atom is 0.125 e. The average Bonchev–Trinajstić information content (AvgIpc) is 2.76. The number of morpholine rings is 1. The van der Waals surface area contributed by atoms with E-state index in [1.165, 1.54) is 5.56 Å². The van der Waals surface area contributed by atoms with Gasteiger partial charge in [0.15, 0.2) is 0 Å². The summed E-state index contributed by atoms with van der Waals surface area (Å²) < 4.78 is 17.0. The number of hydrogen-bond donors (Lipinski definition) is 2. The zero-order valence-corrected chi connectivity index (χ0v) is 17.7. The molecule has 0 bridgehead atoms. The van der Waals surface area contributed by atoms with E-state index in [2.05, 4.69) is 36.5 Å². The minimum atomic E-state index is -1.17. The van der Waals surface area contributed by atoms with E-state index in [0.29, 0.717) is 31.9 Å². The van der Waals surface area contributed by atoms with Gasteiger partial charge in [0.25, 0.3) is 0 Å². The molecule has 29 heavy (non-hydrogen) atoms. The minimum absolute atomic E-state index is 0.348. The fourth-order valence-electron chi connectivity index (χ4n) is 4.16. The van der Waals surface area contributed by atoms with Gasteiger partial charge in [-0.05, 0) is 43.4 Å². The number of aryl methyl sites for hydroxylation is 1. The van der Waals surface area contributed by atoms with Crippen LogP contribution in [0.4, 0.5) is 0 Å². The lowest BCUT2D eigenvalue weighted by Crippen LogP contribution is -2.51. The number of methoxy groups -OCH3 is 2. The second-order valence-electron chi connectivity index (χ2n) is 7.69. The highest BCUT2D eigenvalue weighted by Gasteiger charge is 2.43. The quantitative estimate of drug-likeness (QED) is 0.630. The monoisotopic (exact) mass is 399 g/mol. The van der Waals surface area contributed by atoms with Crippen molar-refractivity contribution in [3.05, 3.63) is 53.6 Å². The van der Waals surface area contributed by atoms with Crippen LogP contribution in [0, 0.1) is 6.92 Å². The molecule has 0 spiro atoms. The molecule has 1 unspecified atom stereocenters. The summed E-state index contributed by atoms with van der Waals surface area (Å²) in [4.78, 5) is 0. The number of ether oxygens (including phenoxy) is 3. The van der Waals surface area contributed by atoms with Crippen molar-refractivity contribution in [2.45, 2.75) is 37.9 Å². The van der Waals surface area contributed by atoms with Crippen LogP contribution < -0.4 is 10.1 Å². The Balaban J connectivity index is 2.10. The van der Waals surface area contributed by atoms with Gasteiger partial charge < -0.3 is 24.6 Å². The maximum absolute atomic E-state index is 12.1. The number of unbranched alkanes of at least 4 members (excludes halogenated alkanes) is 1. The molecule has 3 rings (SSSR count). The molecule has 0 aromatic heterocycles. The zero-order valence-electron chi connectivity index (χ0n) is 17.7. The summed E-state index contributed by atoms with van der Waals surface area (Å²) in [5.41, 5.74) is 2.86. The van der Waals surface area contributed by atoms with Gasteiger partial charge in [0, 0.05) is 32.4 Å². The third-order valence-electron chi connectivity index (χ3n) is 5.62. The molecule has 158 valence electrons. The highest BCUT2D eigenvalue weighted by atomic mass is 16.5. The van der Waals surface area contributed by atoms with Gasteiger partial charge in [-0.3, -0.25) is 0 Å². The molecule has 2 aromatic carbocycles. The smallest absolute Gasteiger partial charge is 0.125 e. The van der Waals surface area contributed by atoms with E-state index in [9.17, 15) is 5.11 Å². The molecule has 5 nitrogen and oxygen atoms in total. The summed E-state index contributed by atoms with van der Waals surface area (Å²) in [7, 11) is 3.36.